The predicted octanol–water partition coefficient (Wildman–Crippen LogP) is 2.00. The molecule has 2 N–H and O–H groups in total. The monoisotopic (exact) mass is 246 g/mol. The lowest BCUT2D eigenvalue weighted by atomic mass is 10.5. The van der Waals surface area contributed by atoms with Gasteiger partial charge in [-0.1, -0.05) is 23.1 Å². The number of hydrogen-bond donors (Lipinski definition) is 1. The molecule has 0 saturated carbocycles. The molecule has 74 valence electrons. The zero-order valence-corrected chi connectivity index (χ0v) is 9.49. The first-order valence-electron chi connectivity index (χ1n) is 3.87. The van der Waals surface area contributed by atoms with Gasteiger partial charge in [-0.05, 0) is 0 Å². The zero-order chi connectivity index (χ0) is 9.97. The summed E-state index contributed by atoms with van der Waals surface area (Å²) in [5, 5.41) is 0. The van der Waals surface area contributed by atoms with Crippen LogP contribution < -0.4 is 5.73 Å². The van der Waals surface area contributed by atoms with Crippen molar-refractivity contribution in [2.24, 2.45) is 0 Å². The quantitative estimate of drug-likeness (QED) is 0.663. The summed E-state index contributed by atoms with van der Waals surface area (Å²) in [6, 6.07) is 0. The van der Waals surface area contributed by atoms with E-state index in [-0.39, 0.29) is 0 Å². The minimum atomic E-state index is 0.434. The number of nitrogen functional groups attached to an aromatic ring is 1. The molecule has 2 rings (SSSR count). The largest absolute Gasteiger partial charge is 0.382 e. The summed E-state index contributed by atoms with van der Waals surface area (Å²) < 4.78 is 0.938. The van der Waals surface area contributed by atoms with Crippen LogP contribution in [0.3, 0.4) is 0 Å². The normalized spacial score (nSPS) is 10.9. The summed E-state index contributed by atoms with van der Waals surface area (Å²) in [6.45, 7) is 0. The topological polar surface area (TPSA) is 64.7 Å². The van der Waals surface area contributed by atoms with Crippen molar-refractivity contribution in [3.05, 3.63) is 6.33 Å². The molecule has 0 amide bonds. The maximum absolute atomic E-state index is 5.66. The number of fused-ring (bicyclic) bond motifs is 1. The van der Waals surface area contributed by atoms with Crippen molar-refractivity contribution in [2.45, 2.75) is 4.34 Å². The number of nitrogens with zero attached hydrogens (tertiary/aromatic N) is 3. The zero-order valence-electron chi connectivity index (χ0n) is 7.11. The molecule has 0 unspecified atom stereocenters. The average Bonchev–Trinajstić information content (AvgIpc) is 2.59. The highest BCUT2D eigenvalue weighted by atomic mass is 35.5. The molecule has 0 aliphatic carbocycles. The summed E-state index contributed by atoms with van der Waals surface area (Å²) in [5.41, 5.74) is 6.35. The number of thioether (sulfide) groups is 1. The van der Waals surface area contributed by atoms with Crippen molar-refractivity contribution in [1.29, 1.82) is 0 Å². The van der Waals surface area contributed by atoms with Crippen molar-refractivity contribution in [3.63, 3.8) is 0 Å². The smallest absolute Gasteiger partial charge is 0.154 e. The van der Waals surface area contributed by atoms with Gasteiger partial charge in [0.2, 0.25) is 0 Å². The van der Waals surface area contributed by atoms with Crippen molar-refractivity contribution in [3.8, 4) is 0 Å². The minimum Gasteiger partial charge on any atom is -0.382 e. The molecule has 0 fully saturated rings. The minimum absolute atomic E-state index is 0.434. The second-order valence-electron chi connectivity index (χ2n) is 2.43. The lowest BCUT2D eigenvalue weighted by Gasteiger charge is -1.89. The van der Waals surface area contributed by atoms with Gasteiger partial charge in [-0.15, -0.1) is 11.6 Å². The van der Waals surface area contributed by atoms with E-state index in [1.807, 2.05) is 0 Å². The lowest BCUT2D eigenvalue weighted by Crippen LogP contribution is -1.91. The highest BCUT2D eigenvalue weighted by molar-refractivity contribution is 8.01. The molecular weight excluding hydrogens is 240 g/mol. The Kier molecular flexibility index (Phi) is 3.05. The summed E-state index contributed by atoms with van der Waals surface area (Å²) in [5.74, 6) is 1.89. The van der Waals surface area contributed by atoms with E-state index in [1.165, 1.54) is 17.7 Å². The fourth-order valence-corrected chi connectivity index (χ4v) is 2.95. The molecule has 0 atom stereocenters. The van der Waals surface area contributed by atoms with Crippen LogP contribution in [-0.4, -0.2) is 26.6 Å². The Labute approximate surface area is 93.9 Å². The van der Waals surface area contributed by atoms with Gasteiger partial charge in [0.15, 0.2) is 10.2 Å². The Bertz CT molecular complexity index is 444. The van der Waals surface area contributed by atoms with E-state index in [0.717, 1.165) is 14.9 Å². The Balaban J connectivity index is 2.36. The first-order valence-corrected chi connectivity index (χ1v) is 6.20. The van der Waals surface area contributed by atoms with Gasteiger partial charge in [-0.3, -0.25) is 0 Å². The van der Waals surface area contributed by atoms with E-state index in [0.29, 0.717) is 17.2 Å². The van der Waals surface area contributed by atoms with Gasteiger partial charge in [-0.25, -0.2) is 15.0 Å². The van der Waals surface area contributed by atoms with Crippen LogP contribution in [-0.2, 0) is 0 Å². The third-order valence-electron chi connectivity index (χ3n) is 1.51. The van der Waals surface area contributed by atoms with Crippen molar-refractivity contribution in [1.82, 2.24) is 15.0 Å². The molecule has 0 spiro atoms. The molecule has 7 heteroatoms. The van der Waals surface area contributed by atoms with E-state index >= 15 is 0 Å². The molecule has 4 nitrogen and oxygen atoms in total. The molecule has 2 aromatic heterocycles. The summed E-state index contributed by atoms with van der Waals surface area (Å²) in [6.07, 6.45) is 1.45. The molecular formula is C7H7ClN4S2. The van der Waals surface area contributed by atoms with Crippen LogP contribution in [0.15, 0.2) is 10.7 Å². The van der Waals surface area contributed by atoms with Gasteiger partial charge in [0.25, 0.3) is 0 Å². The number of alkyl halides is 1. The molecule has 0 bridgehead atoms. The van der Waals surface area contributed by atoms with Crippen molar-refractivity contribution < 1.29 is 0 Å². The predicted molar refractivity (Wildman–Crippen MR) is 61.1 cm³/mol. The molecule has 0 radical (unpaired) electrons. The molecule has 14 heavy (non-hydrogen) atoms. The average molecular weight is 247 g/mol. The SMILES string of the molecule is Nc1ncnc2sc(SCCCl)nc12. The maximum atomic E-state index is 5.66. The Morgan fingerprint density at radius 3 is 3.07 bits per heavy atom. The third-order valence-corrected chi connectivity index (χ3v) is 4.03. The number of aromatic nitrogens is 3. The van der Waals surface area contributed by atoms with Crippen LogP contribution >= 0.6 is 34.7 Å². The number of halogens is 1. The first kappa shape index (κ1) is 9.95. The number of hydrogen-bond acceptors (Lipinski definition) is 6. The number of anilines is 1. The van der Waals surface area contributed by atoms with E-state index in [4.69, 9.17) is 17.3 Å². The second-order valence-corrected chi connectivity index (χ2v) is 5.13. The van der Waals surface area contributed by atoms with Gasteiger partial charge in [0, 0.05) is 11.6 Å². The molecule has 0 saturated heterocycles. The number of nitrogens with two attached hydrogens (primary N) is 1. The number of thiazole rings is 1. The Morgan fingerprint density at radius 1 is 1.50 bits per heavy atom. The molecule has 2 heterocycles. The third kappa shape index (κ3) is 1.92. The fraction of sp³-hybridized carbons (Fsp3) is 0.286. The van der Waals surface area contributed by atoms with E-state index in [1.54, 1.807) is 11.8 Å². The molecule has 2 aromatic rings. The van der Waals surface area contributed by atoms with Crippen molar-refractivity contribution >= 4 is 50.9 Å². The van der Waals surface area contributed by atoms with Crippen LogP contribution in [0.5, 0.6) is 0 Å². The van der Waals surface area contributed by atoms with Crippen LogP contribution in [0.2, 0.25) is 0 Å². The van der Waals surface area contributed by atoms with E-state index in [2.05, 4.69) is 15.0 Å². The second kappa shape index (κ2) is 4.29. The van der Waals surface area contributed by atoms with Crippen LogP contribution in [0.4, 0.5) is 5.82 Å². The Hall–Kier alpha value is -0.590. The first-order chi connectivity index (χ1) is 6.81. The fourth-order valence-electron chi connectivity index (χ4n) is 0.940. The molecule has 0 aliphatic rings. The van der Waals surface area contributed by atoms with Gasteiger partial charge in [0.05, 0.1) is 0 Å². The van der Waals surface area contributed by atoms with Crippen LogP contribution in [0, 0.1) is 0 Å². The molecule has 0 aliphatic heterocycles. The van der Waals surface area contributed by atoms with Gasteiger partial charge in [0.1, 0.15) is 16.7 Å². The summed E-state index contributed by atoms with van der Waals surface area (Å²) >= 11 is 8.71. The van der Waals surface area contributed by atoms with Crippen LogP contribution in [0.25, 0.3) is 10.3 Å². The number of rotatable bonds is 3. The van der Waals surface area contributed by atoms with E-state index in [9.17, 15) is 0 Å². The summed E-state index contributed by atoms with van der Waals surface area (Å²) in [4.78, 5) is 13.1. The standard InChI is InChI=1S/C7H7ClN4S2/c8-1-2-13-7-12-4-5(9)10-3-11-6(4)14-7/h3H,1-2H2,(H2,9,10,11). The van der Waals surface area contributed by atoms with Gasteiger partial charge >= 0.3 is 0 Å². The highest BCUT2D eigenvalue weighted by Gasteiger charge is 2.08. The van der Waals surface area contributed by atoms with Crippen molar-refractivity contribution in [2.75, 3.05) is 17.4 Å². The van der Waals surface area contributed by atoms with Gasteiger partial charge in [-0.2, -0.15) is 0 Å². The maximum Gasteiger partial charge on any atom is 0.154 e. The summed E-state index contributed by atoms with van der Waals surface area (Å²) in [7, 11) is 0. The van der Waals surface area contributed by atoms with Gasteiger partial charge < -0.3 is 5.73 Å². The van der Waals surface area contributed by atoms with E-state index < -0.39 is 0 Å². The lowest BCUT2D eigenvalue weighted by molar-refractivity contribution is 1.21. The van der Waals surface area contributed by atoms with Crippen LogP contribution in [0.1, 0.15) is 0 Å². The highest BCUT2D eigenvalue weighted by Crippen LogP contribution is 2.29. The Morgan fingerprint density at radius 2 is 2.36 bits per heavy atom. The molecule has 0 aromatic carbocycles.